The molecule has 0 spiro atoms. The van der Waals surface area contributed by atoms with Gasteiger partial charge in [0.2, 0.25) is 0 Å². The molecule has 0 aliphatic rings. The summed E-state index contributed by atoms with van der Waals surface area (Å²) in [5, 5.41) is 9.49. The van der Waals surface area contributed by atoms with Crippen LogP contribution in [-0.4, -0.2) is 57.1 Å². The van der Waals surface area contributed by atoms with Gasteiger partial charge in [-0.25, -0.2) is 4.79 Å². The van der Waals surface area contributed by atoms with Crippen LogP contribution in [0.4, 0.5) is 31.1 Å². The Balaban J connectivity index is 1.98. The molecule has 28 heavy (non-hydrogen) atoms. The molecule has 0 saturated heterocycles. The largest absolute Gasteiger partial charge is 0.440 e. The zero-order valence-corrected chi connectivity index (χ0v) is 14.7. The third-order valence-corrected chi connectivity index (χ3v) is 3.93. The summed E-state index contributed by atoms with van der Waals surface area (Å²) in [4.78, 5) is 14.9. The van der Waals surface area contributed by atoms with E-state index in [2.05, 4.69) is 25.2 Å². The predicted octanol–water partition coefficient (Wildman–Crippen LogP) is 3.28. The zero-order chi connectivity index (χ0) is 20.8. The number of halogens is 6. The van der Waals surface area contributed by atoms with Crippen molar-refractivity contribution in [3.8, 4) is 11.4 Å². The van der Waals surface area contributed by atoms with E-state index < -0.39 is 31.6 Å². The van der Waals surface area contributed by atoms with Gasteiger partial charge in [0.15, 0.2) is 17.6 Å². The maximum absolute atomic E-state index is 12.9. The van der Waals surface area contributed by atoms with Crippen LogP contribution in [0.1, 0.15) is 0 Å². The van der Waals surface area contributed by atoms with Crippen molar-refractivity contribution < 1.29 is 35.9 Å². The molecular formula is C14H13F6N5O2S. The number of ether oxygens (including phenoxy) is 1. The van der Waals surface area contributed by atoms with Crippen LogP contribution in [0.15, 0.2) is 29.7 Å². The number of carbonyl (C=O) groups excluding carboxylic acids is 1. The Morgan fingerprint density at radius 3 is 2.39 bits per heavy atom. The van der Waals surface area contributed by atoms with Crippen molar-refractivity contribution in [2.24, 2.45) is 0 Å². The molecule has 1 N–H and O–H groups in total. The van der Waals surface area contributed by atoms with Crippen molar-refractivity contribution in [2.45, 2.75) is 24.1 Å². The third kappa shape index (κ3) is 7.25. The first kappa shape index (κ1) is 21.8. The summed E-state index contributed by atoms with van der Waals surface area (Å²) in [5.41, 5.74) is 0.382. The Labute approximate surface area is 158 Å². The maximum atomic E-state index is 12.9. The van der Waals surface area contributed by atoms with Gasteiger partial charge < -0.3 is 10.1 Å². The average Bonchev–Trinajstić information content (AvgIpc) is 2.98. The van der Waals surface area contributed by atoms with Gasteiger partial charge in [-0.3, -0.25) is 9.55 Å². The Hall–Kier alpha value is -2.51. The average molecular weight is 429 g/mol. The highest BCUT2D eigenvalue weighted by molar-refractivity contribution is 7.99. The molecule has 0 bridgehead atoms. The Bertz CT molecular complexity index is 781. The van der Waals surface area contributed by atoms with Crippen LogP contribution in [0, 0.1) is 0 Å². The molecule has 0 unspecified atom stereocenters. The zero-order valence-electron chi connectivity index (χ0n) is 13.9. The second kappa shape index (κ2) is 9.12. The highest BCUT2D eigenvalue weighted by Gasteiger charge is 2.32. The Morgan fingerprint density at radius 1 is 1.11 bits per heavy atom. The highest BCUT2D eigenvalue weighted by Crippen LogP contribution is 2.28. The summed E-state index contributed by atoms with van der Waals surface area (Å²) in [5.74, 6) is 0.0211. The molecule has 154 valence electrons. The summed E-state index contributed by atoms with van der Waals surface area (Å²) >= 11 is 0.850. The van der Waals surface area contributed by atoms with Crippen molar-refractivity contribution in [1.82, 2.24) is 25.1 Å². The maximum Gasteiger partial charge on any atom is 0.422 e. The molecule has 7 nitrogen and oxygen atoms in total. The molecular weight excluding hydrogens is 416 g/mol. The lowest BCUT2D eigenvalue weighted by molar-refractivity contribution is -0.160. The summed E-state index contributed by atoms with van der Waals surface area (Å²) < 4.78 is 79.3. The molecule has 2 aromatic heterocycles. The number of hydrogen-bond donors (Lipinski definition) is 1. The molecule has 0 saturated carbocycles. The molecule has 0 aliphatic carbocycles. The number of alkyl carbamates (subject to hydrolysis) is 1. The van der Waals surface area contributed by atoms with Gasteiger partial charge in [0.05, 0.1) is 0 Å². The summed E-state index contributed by atoms with van der Waals surface area (Å²) in [6.45, 7) is -3.22. The molecule has 2 heterocycles. The Morgan fingerprint density at radius 2 is 1.79 bits per heavy atom. The third-order valence-electron chi connectivity index (χ3n) is 2.96. The molecule has 0 atom stereocenters. The fourth-order valence-corrected chi connectivity index (χ4v) is 2.72. The van der Waals surface area contributed by atoms with Crippen LogP contribution >= 0.6 is 11.8 Å². The van der Waals surface area contributed by atoms with Crippen molar-refractivity contribution in [3.63, 3.8) is 0 Å². The van der Waals surface area contributed by atoms with Gasteiger partial charge in [-0.15, -0.1) is 10.2 Å². The molecule has 1 amide bonds. The molecule has 2 rings (SSSR count). The van der Waals surface area contributed by atoms with Gasteiger partial charge in [0, 0.05) is 30.3 Å². The predicted molar refractivity (Wildman–Crippen MR) is 85.4 cm³/mol. The van der Waals surface area contributed by atoms with Crippen LogP contribution in [0.25, 0.3) is 11.4 Å². The highest BCUT2D eigenvalue weighted by atomic mass is 32.2. The second-order valence-corrected chi connectivity index (χ2v) is 6.27. The van der Waals surface area contributed by atoms with Gasteiger partial charge in [-0.1, -0.05) is 11.8 Å². The monoisotopic (exact) mass is 429 g/mol. The first-order valence-corrected chi connectivity index (χ1v) is 8.54. The fourth-order valence-electron chi connectivity index (χ4n) is 1.93. The van der Waals surface area contributed by atoms with E-state index in [1.54, 1.807) is 0 Å². The first-order chi connectivity index (χ1) is 13.1. The van der Waals surface area contributed by atoms with Gasteiger partial charge in [-0.05, 0) is 12.1 Å². The van der Waals surface area contributed by atoms with Crippen LogP contribution < -0.4 is 5.32 Å². The van der Waals surface area contributed by atoms with E-state index in [1.807, 2.05) is 0 Å². The standard InChI is InChI=1S/C14H13F6N5O2S/c15-13(16,17)7-25-10(9-1-3-21-4-2-9)23-24-11(25)28-6-5-22-12(26)27-8-14(18,19)20/h1-4H,5-8H2,(H,22,26). The molecule has 2 aromatic rings. The van der Waals surface area contributed by atoms with E-state index in [4.69, 9.17) is 0 Å². The number of pyridine rings is 1. The van der Waals surface area contributed by atoms with Crippen LogP contribution in [0.5, 0.6) is 0 Å². The number of nitrogens with one attached hydrogen (secondary N) is 1. The van der Waals surface area contributed by atoms with Gasteiger partial charge in [0.1, 0.15) is 6.54 Å². The Kier molecular flexibility index (Phi) is 7.10. The number of amides is 1. The minimum atomic E-state index is -4.65. The van der Waals surface area contributed by atoms with E-state index in [0.717, 1.165) is 16.3 Å². The summed E-state index contributed by atoms with van der Waals surface area (Å²) in [7, 11) is 0. The lowest BCUT2D eigenvalue weighted by Gasteiger charge is -2.13. The number of nitrogens with zero attached hydrogens (tertiary/aromatic N) is 4. The number of thioether (sulfide) groups is 1. The molecule has 0 fully saturated rings. The SMILES string of the molecule is O=C(NCCSc1nnc(-c2ccncc2)n1CC(F)(F)F)OCC(F)(F)F. The van der Waals surface area contributed by atoms with E-state index in [1.165, 1.54) is 24.5 Å². The molecule has 14 heteroatoms. The smallest absolute Gasteiger partial charge is 0.422 e. The number of alkyl halides is 6. The second-order valence-electron chi connectivity index (χ2n) is 5.21. The number of aromatic nitrogens is 4. The van der Waals surface area contributed by atoms with Crippen molar-refractivity contribution in [2.75, 3.05) is 18.9 Å². The minimum Gasteiger partial charge on any atom is -0.440 e. The normalized spacial score (nSPS) is 12.1. The van der Waals surface area contributed by atoms with Crippen molar-refractivity contribution in [1.29, 1.82) is 0 Å². The van der Waals surface area contributed by atoms with Crippen LogP contribution in [-0.2, 0) is 11.3 Å². The van der Waals surface area contributed by atoms with Gasteiger partial charge in [0.25, 0.3) is 0 Å². The quantitative estimate of drug-likeness (QED) is 0.413. The first-order valence-electron chi connectivity index (χ1n) is 7.56. The van der Waals surface area contributed by atoms with E-state index in [9.17, 15) is 31.1 Å². The lowest BCUT2D eigenvalue weighted by Crippen LogP contribution is -2.30. The minimum absolute atomic E-state index is 0.0141. The number of carbonyl (C=O) groups is 1. The van der Waals surface area contributed by atoms with E-state index in [-0.39, 0.29) is 23.3 Å². The van der Waals surface area contributed by atoms with Gasteiger partial charge in [-0.2, -0.15) is 26.3 Å². The van der Waals surface area contributed by atoms with Crippen LogP contribution in [0.2, 0.25) is 0 Å². The summed E-state index contributed by atoms with van der Waals surface area (Å²) in [6, 6.07) is 2.95. The van der Waals surface area contributed by atoms with Crippen molar-refractivity contribution in [3.05, 3.63) is 24.5 Å². The number of hydrogen-bond acceptors (Lipinski definition) is 6. The van der Waals surface area contributed by atoms with Crippen LogP contribution in [0.3, 0.4) is 0 Å². The fraction of sp³-hybridized carbons (Fsp3) is 0.429. The van der Waals surface area contributed by atoms with E-state index >= 15 is 0 Å². The molecule has 0 radical (unpaired) electrons. The van der Waals surface area contributed by atoms with Crippen molar-refractivity contribution >= 4 is 17.9 Å². The molecule has 0 aromatic carbocycles. The number of rotatable bonds is 7. The van der Waals surface area contributed by atoms with E-state index in [0.29, 0.717) is 5.56 Å². The molecule has 0 aliphatic heterocycles. The summed E-state index contributed by atoms with van der Waals surface area (Å²) in [6.07, 6.45) is -7.67. The lowest BCUT2D eigenvalue weighted by atomic mass is 10.2. The van der Waals surface area contributed by atoms with Gasteiger partial charge >= 0.3 is 18.4 Å². The topological polar surface area (TPSA) is 81.9 Å².